The quantitative estimate of drug-likeness (QED) is 0.698. The molecule has 22 heavy (non-hydrogen) atoms. The molecule has 1 rings (SSSR count). The fraction of sp³-hybridized carbons (Fsp3) is 0.941. The van der Waals surface area contributed by atoms with Crippen LogP contribution in [0.5, 0.6) is 0 Å². The normalized spacial score (nSPS) is 31.5. The number of carbonyl (C=O) groups excluding carboxylic acids is 1. The highest BCUT2D eigenvalue weighted by molar-refractivity contribution is 5.71. The standard InChI is InChI=1S/C17H32O5/c1-6-20-16(19)11(2)8-7-9-13(4)21-17-12(3)10-15(18)14(5)22-17/h11-15,17-18H,6-10H2,1-5H3/t11?,12-,13-,14+,15?,17?/m1/s1. The first-order chi connectivity index (χ1) is 10.3. The van der Waals surface area contributed by atoms with Crippen molar-refractivity contribution in [1.29, 1.82) is 0 Å². The molecule has 0 saturated carbocycles. The van der Waals surface area contributed by atoms with E-state index < -0.39 is 6.10 Å². The van der Waals surface area contributed by atoms with Gasteiger partial charge in [0.25, 0.3) is 0 Å². The van der Waals surface area contributed by atoms with Gasteiger partial charge in [0.1, 0.15) is 0 Å². The Morgan fingerprint density at radius 2 is 2.00 bits per heavy atom. The van der Waals surface area contributed by atoms with Crippen molar-refractivity contribution in [3.05, 3.63) is 0 Å². The molecule has 6 atom stereocenters. The maximum atomic E-state index is 11.5. The smallest absolute Gasteiger partial charge is 0.308 e. The summed E-state index contributed by atoms with van der Waals surface area (Å²) >= 11 is 0. The van der Waals surface area contributed by atoms with Gasteiger partial charge in [-0.15, -0.1) is 0 Å². The fourth-order valence-electron chi connectivity index (χ4n) is 2.70. The average Bonchev–Trinajstić information content (AvgIpc) is 2.44. The lowest BCUT2D eigenvalue weighted by Gasteiger charge is -2.37. The molecule has 0 amide bonds. The van der Waals surface area contributed by atoms with E-state index in [1.165, 1.54) is 0 Å². The number of esters is 1. The Labute approximate surface area is 134 Å². The number of carbonyl (C=O) groups is 1. The summed E-state index contributed by atoms with van der Waals surface area (Å²) in [6, 6.07) is 0. The summed E-state index contributed by atoms with van der Waals surface area (Å²) in [6.45, 7) is 10.1. The van der Waals surface area contributed by atoms with Gasteiger partial charge in [-0.2, -0.15) is 0 Å². The van der Waals surface area contributed by atoms with Gasteiger partial charge in [0.2, 0.25) is 0 Å². The van der Waals surface area contributed by atoms with Gasteiger partial charge in [-0.1, -0.05) is 20.3 Å². The van der Waals surface area contributed by atoms with Crippen molar-refractivity contribution in [1.82, 2.24) is 0 Å². The van der Waals surface area contributed by atoms with Gasteiger partial charge in [-0.05, 0) is 40.0 Å². The van der Waals surface area contributed by atoms with Crippen LogP contribution < -0.4 is 0 Å². The molecule has 0 radical (unpaired) electrons. The highest BCUT2D eigenvalue weighted by Crippen LogP contribution is 2.27. The number of hydrogen-bond acceptors (Lipinski definition) is 5. The van der Waals surface area contributed by atoms with Crippen LogP contribution in [0.2, 0.25) is 0 Å². The molecule has 3 unspecified atom stereocenters. The van der Waals surface area contributed by atoms with Gasteiger partial charge in [-0.3, -0.25) is 4.79 Å². The monoisotopic (exact) mass is 316 g/mol. The number of rotatable bonds is 8. The number of hydrogen-bond donors (Lipinski definition) is 1. The van der Waals surface area contributed by atoms with Crippen LogP contribution in [0.4, 0.5) is 0 Å². The SMILES string of the molecule is CCOC(=O)C(C)CCC[C@@H](C)OC1O[C@@H](C)C(O)C[C@H]1C. The second-order valence-electron chi connectivity index (χ2n) is 6.52. The van der Waals surface area contributed by atoms with Gasteiger partial charge in [0.05, 0.1) is 30.8 Å². The minimum Gasteiger partial charge on any atom is -0.466 e. The van der Waals surface area contributed by atoms with Gasteiger partial charge in [0, 0.05) is 5.92 Å². The molecule has 130 valence electrons. The van der Waals surface area contributed by atoms with E-state index in [2.05, 4.69) is 0 Å². The summed E-state index contributed by atoms with van der Waals surface area (Å²) in [5.74, 6) is 0.00222. The molecule has 5 nitrogen and oxygen atoms in total. The van der Waals surface area contributed by atoms with Crippen LogP contribution in [0.25, 0.3) is 0 Å². The van der Waals surface area contributed by atoms with Crippen molar-refractivity contribution in [3.8, 4) is 0 Å². The number of aliphatic hydroxyl groups is 1. The van der Waals surface area contributed by atoms with Crippen molar-refractivity contribution in [3.63, 3.8) is 0 Å². The predicted octanol–water partition coefficient (Wildman–Crippen LogP) is 2.89. The number of aliphatic hydroxyl groups excluding tert-OH is 1. The van der Waals surface area contributed by atoms with Crippen LogP contribution in [0, 0.1) is 11.8 Å². The molecular formula is C17H32O5. The third kappa shape index (κ3) is 6.23. The molecule has 1 aliphatic rings. The molecule has 1 N–H and O–H groups in total. The van der Waals surface area contributed by atoms with Crippen LogP contribution in [0.3, 0.4) is 0 Å². The second-order valence-corrected chi connectivity index (χ2v) is 6.52. The van der Waals surface area contributed by atoms with E-state index in [1.807, 2.05) is 34.6 Å². The summed E-state index contributed by atoms with van der Waals surface area (Å²) in [6.07, 6.45) is 2.54. The third-order valence-electron chi connectivity index (χ3n) is 4.27. The zero-order valence-electron chi connectivity index (χ0n) is 14.6. The Bertz CT molecular complexity index is 333. The largest absolute Gasteiger partial charge is 0.466 e. The number of ether oxygens (including phenoxy) is 3. The van der Waals surface area contributed by atoms with Crippen molar-refractivity contribution < 1.29 is 24.1 Å². The summed E-state index contributed by atoms with van der Waals surface area (Å²) in [7, 11) is 0. The Morgan fingerprint density at radius 3 is 2.64 bits per heavy atom. The first-order valence-electron chi connectivity index (χ1n) is 8.50. The lowest BCUT2D eigenvalue weighted by molar-refractivity contribution is -0.255. The van der Waals surface area contributed by atoms with E-state index in [0.717, 1.165) is 19.3 Å². The molecule has 1 heterocycles. The zero-order chi connectivity index (χ0) is 16.7. The van der Waals surface area contributed by atoms with E-state index in [9.17, 15) is 9.90 Å². The molecule has 0 spiro atoms. The van der Waals surface area contributed by atoms with Crippen LogP contribution in [-0.4, -0.2) is 42.3 Å². The molecule has 1 saturated heterocycles. The summed E-state index contributed by atoms with van der Waals surface area (Å²) in [5.41, 5.74) is 0. The molecule has 1 fully saturated rings. The van der Waals surface area contributed by atoms with Gasteiger partial charge >= 0.3 is 5.97 Å². The molecule has 0 aromatic carbocycles. The van der Waals surface area contributed by atoms with E-state index in [1.54, 1.807) is 0 Å². The lowest BCUT2D eigenvalue weighted by atomic mass is 9.96. The van der Waals surface area contributed by atoms with E-state index >= 15 is 0 Å². The molecule has 0 bridgehead atoms. The van der Waals surface area contributed by atoms with Crippen LogP contribution in [0.1, 0.15) is 60.3 Å². The minimum absolute atomic E-state index is 0.0628. The average molecular weight is 316 g/mol. The van der Waals surface area contributed by atoms with Gasteiger partial charge in [0.15, 0.2) is 6.29 Å². The van der Waals surface area contributed by atoms with Crippen LogP contribution in [-0.2, 0) is 19.0 Å². The Hall–Kier alpha value is -0.650. The van der Waals surface area contributed by atoms with Crippen molar-refractivity contribution in [2.24, 2.45) is 11.8 Å². The summed E-state index contributed by atoms with van der Waals surface area (Å²) < 4.78 is 16.7. The molecule has 0 aliphatic carbocycles. The van der Waals surface area contributed by atoms with Crippen molar-refractivity contribution >= 4 is 5.97 Å². The first-order valence-corrected chi connectivity index (χ1v) is 8.50. The van der Waals surface area contributed by atoms with Gasteiger partial charge in [-0.25, -0.2) is 0 Å². The Balaban J connectivity index is 2.25. The van der Waals surface area contributed by atoms with Crippen molar-refractivity contribution in [2.75, 3.05) is 6.61 Å². The molecule has 1 aliphatic heterocycles. The first kappa shape index (κ1) is 19.4. The zero-order valence-corrected chi connectivity index (χ0v) is 14.6. The maximum Gasteiger partial charge on any atom is 0.308 e. The molecular weight excluding hydrogens is 284 g/mol. The second kappa shape index (κ2) is 9.48. The minimum atomic E-state index is -0.407. The Morgan fingerprint density at radius 1 is 1.32 bits per heavy atom. The lowest BCUT2D eigenvalue weighted by Crippen LogP contribution is -2.44. The summed E-state index contributed by atoms with van der Waals surface area (Å²) in [4.78, 5) is 11.5. The predicted molar refractivity (Wildman–Crippen MR) is 84.3 cm³/mol. The van der Waals surface area contributed by atoms with E-state index in [4.69, 9.17) is 14.2 Å². The van der Waals surface area contributed by atoms with Crippen molar-refractivity contribution in [2.45, 2.75) is 84.9 Å². The highest BCUT2D eigenvalue weighted by Gasteiger charge is 2.33. The van der Waals surface area contributed by atoms with Crippen LogP contribution >= 0.6 is 0 Å². The highest BCUT2D eigenvalue weighted by atomic mass is 16.7. The van der Waals surface area contributed by atoms with Gasteiger partial charge < -0.3 is 19.3 Å². The summed E-state index contributed by atoms with van der Waals surface area (Å²) in [5, 5.41) is 9.77. The Kier molecular flexibility index (Phi) is 8.36. The van der Waals surface area contributed by atoms with Crippen LogP contribution in [0.15, 0.2) is 0 Å². The maximum absolute atomic E-state index is 11.5. The van der Waals surface area contributed by atoms with E-state index in [0.29, 0.717) is 13.0 Å². The molecule has 0 aromatic rings. The fourth-order valence-corrected chi connectivity index (χ4v) is 2.70. The molecule has 5 heteroatoms. The molecule has 0 aromatic heterocycles. The van der Waals surface area contributed by atoms with E-state index in [-0.39, 0.29) is 36.3 Å². The third-order valence-corrected chi connectivity index (χ3v) is 4.27. The topological polar surface area (TPSA) is 65.0 Å².